The molecule has 1 aromatic rings. The van der Waals surface area contributed by atoms with Gasteiger partial charge in [-0.15, -0.1) is 0 Å². The molecule has 0 amide bonds. The minimum Gasteiger partial charge on any atom is -0.493 e. The van der Waals surface area contributed by atoms with E-state index in [4.69, 9.17) is 10.5 Å². The van der Waals surface area contributed by atoms with Gasteiger partial charge in [0, 0.05) is 17.2 Å². The molecular formula is C12H15NO. The highest BCUT2D eigenvalue weighted by molar-refractivity contribution is 5.66. The number of nitrogens with two attached hydrogens (primary N) is 1. The van der Waals surface area contributed by atoms with E-state index in [1.165, 1.54) is 29.5 Å². The maximum Gasteiger partial charge on any atom is 0.125 e. The van der Waals surface area contributed by atoms with Crippen molar-refractivity contribution in [2.75, 3.05) is 12.3 Å². The van der Waals surface area contributed by atoms with Crippen LogP contribution in [0.5, 0.6) is 5.75 Å². The van der Waals surface area contributed by atoms with Gasteiger partial charge in [0.25, 0.3) is 0 Å². The number of hydrogen-bond donors (Lipinski definition) is 1. The number of aryl methyl sites for hydroxylation is 1. The van der Waals surface area contributed by atoms with Crippen LogP contribution < -0.4 is 10.5 Å². The number of benzene rings is 1. The summed E-state index contributed by atoms with van der Waals surface area (Å²) in [6.45, 7) is 2.98. The van der Waals surface area contributed by atoms with E-state index >= 15 is 0 Å². The molecule has 2 aliphatic rings. The highest BCUT2D eigenvalue weighted by atomic mass is 16.5. The molecule has 1 aliphatic carbocycles. The van der Waals surface area contributed by atoms with E-state index < -0.39 is 0 Å². The summed E-state index contributed by atoms with van der Waals surface area (Å²) in [5, 5.41) is 0. The van der Waals surface area contributed by atoms with Crippen LogP contribution in [0.3, 0.4) is 0 Å². The van der Waals surface area contributed by atoms with Crippen molar-refractivity contribution in [3.8, 4) is 5.75 Å². The summed E-state index contributed by atoms with van der Waals surface area (Å²) in [6.07, 6.45) is 3.57. The van der Waals surface area contributed by atoms with Gasteiger partial charge in [0.1, 0.15) is 5.75 Å². The van der Waals surface area contributed by atoms with Gasteiger partial charge in [-0.05, 0) is 36.5 Å². The van der Waals surface area contributed by atoms with Crippen LogP contribution in [0.4, 0.5) is 5.69 Å². The van der Waals surface area contributed by atoms with Gasteiger partial charge in [0.15, 0.2) is 0 Å². The summed E-state index contributed by atoms with van der Waals surface area (Å²) in [7, 11) is 0. The van der Waals surface area contributed by atoms with Gasteiger partial charge in [-0.3, -0.25) is 0 Å². The minimum absolute atomic E-state index is 0.468. The molecule has 74 valence electrons. The summed E-state index contributed by atoms with van der Waals surface area (Å²) in [6, 6.07) is 2.21. The topological polar surface area (TPSA) is 35.2 Å². The second kappa shape index (κ2) is 2.66. The van der Waals surface area contributed by atoms with Gasteiger partial charge >= 0.3 is 0 Å². The molecule has 1 aliphatic heterocycles. The lowest BCUT2D eigenvalue weighted by molar-refractivity contribution is 0.337. The zero-order chi connectivity index (χ0) is 9.71. The molecule has 0 spiro atoms. The zero-order valence-corrected chi connectivity index (χ0v) is 8.47. The summed E-state index contributed by atoms with van der Waals surface area (Å²) in [4.78, 5) is 0. The highest BCUT2D eigenvalue weighted by Crippen LogP contribution is 2.43. The summed E-state index contributed by atoms with van der Waals surface area (Å²) in [5.74, 6) is 1.51. The Morgan fingerprint density at radius 3 is 3.14 bits per heavy atom. The van der Waals surface area contributed by atoms with E-state index in [0.717, 1.165) is 24.5 Å². The normalized spacial score (nSPS) is 23.1. The smallest absolute Gasteiger partial charge is 0.125 e. The second-order valence-corrected chi connectivity index (χ2v) is 4.41. The van der Waals surface area contributed by atoms with Crippen LogP contribution in [0.1, 0.15) is 36.0 Å². The first-order valence-corrected chi connectivity index (χ1v) is 5.34. The summed E-state index contributed by atoms with van der Waals surface area (Å²) >= 11 is 0. The van der Waals surface area contributed by atoms with Crippen molar-refractivity contribution in [2.45, 2.75) is 32.1 Å². The third kappa shape index (κ3) is 0.912. The number of ether oxygens (including phenoxy) is 1. The predicted molar refractivity (Wildman–Crippen MR) is 56.8 cm³/mol. The van der Waals surface area contributed by atoms with Gasteiger partial charge in [0.2, 0.25) is 0 Å². The first kappa shape index (κ1) is 8.16. The molecule has 2 N–H and O–H groups in total. The Bertz CT molecular complexity index is 398. The Balaban J connectivity index is 2.25. The average molecular weight is 189 g/mol. The van der Waals surface area contributed by atoms with Crippen molar-refractivity contribution in [3.63, 3.8) is 0 Å². The lowest BCUT2D eigenvalue weighted by Crippen LogP contribution is -2.00. The molecule has 1 atom stereocenters. The van der Waals surface area contributed by atoms with Crippen molar-refractivity contribution >= 4 is 5.69 Å². The molecule has 0 bridgehead atoms. The minimum atomic E-state index is 0.468. The molecule has 0 fully saturated rings. The predicted octanol–water partition coefficient (Wildman–Crippen LogP) is 2.25. The number of anilines is 1. The first-order valence-electron chi connectivity index (χ1n) is 5.34. The van der Waals surface area contributed by atoms with E-state index in [0.29, 0.717) is 5.92 Å². The van der Waals surface area contributed by atoms with Crippen LogP contribution in [-0.2, 0) is 12.8 Å². The molecule has 1 heterocycles. The second-order valence-electron chi connectivity index (χ2n) is 4.41. The Labute approximate surface area is 84.1 Å². The number of nitrogen functional groups attached to an aromatic ring is 1. The standard InChI is InChI=1S/C12H15NO/c1-7-6-14-10-5-8-3-2-4-9(8)12(13)11(7)10/h5,7H,2-4,6,13H2,1H3. The van der Waals surface area contributed by atoms with E-state index in [9.17, 15) is 0 Å². The molecule has 14 heavy (non-hydrogen) atoms. The van der Waals surface area contributed by atoms with Crippen LogP contribution in [0.25, 0.3) is 0 Å². The summed E-state index contributed by atoms with van der Waals surface area (Å²) < 4.78 is 5.64. The average Bonchev–Trinajstić information content (AvgIpc) is 2.74. The maximum absolute atomic E-state index is 6.20. The zero-order valence-electron chi connectivity index (χ0n) is 8.47. The van der Waals surface area contributed by atoms with E-state index in [1.807, 2.05) is 0 Å². The van der Waals surface area contributed by atoms with Crippen molar-refractivity contribution < 1.29 is 4.74 Å². The fourth-order valence-corrected chi connectivity index (χ4v) is 2.69. The number of fused-ring (bicyclic) bond motifs is 2. The Kier molecular flexibility index (Phi) is 1.55. The lowest BCUT2D eigenvalue weighted by Gasteiger charge is -2.10. The fourth-order valence-electron chi connectivity index (χ4n) is 2.69. The third-order valence-corrected chi connectivity index (χ3v) is 3.43. The van der Waals surface area contributed by atoms with Crippen LogP contribution in [-0.4, -0.2) is 6.61 Å². The molecule has 3 rings (SSSR count). The molecule has 2 nitrogen and oxygen atoms in total. The molecule has 0 saturated heterocycles. The lowest BCUT2D eigenvalue weighted by atomic mass is 9.96. The van der Waals surface area contributed by atoms with Gasteiger partial charge in [-0.2, -0.15) is 0 Å². The molecule has 1 unspecified atom stereocenters. The highest BCUT2D eigenvalue weighted by Gasteiger charge is 2.27. The van der Waals surface area contributed by atoms with Crippen LogP contribution >= 0.6 is 0 Å². The number of rotatable bonds is 0. The Morgan fingerprint density at radius 2 is 2.29 bits per heavy atom. The van der Waals surface area contributed by atoms with Gasteiger partial charge < -0.3 is 10.5 Å². The summed E-state index contributed by atoms with van der Waals surface area (Å²) in [5.41, 5.74) is 11.3. The van der Waals surface area contributed by atoms with Gasteiger partial charge in [0.05, 0.1) is 6.61 Å². The van der Waals surface area contributed by atoms with Crippen molar-refractivity contribution in [2.24, 2.45) is 0 Å². The Morgan fingerprint density at radius 1 is 1.43 bits per heavy atom. The monoisotopic (exact) mass is 189 g/mol. The Hall–Kier alpha value is -1.18. The van der Waals surface area contributed by atoms with Gasteiger partial charge in [-0.1, -0.05) is 6.92 Å². The quantitative estimate of drug-likeness (QED) is 0.635. The van der Waals surface area contributed by atoms with Gasteiger partial charge in [-0.25, -0.2) is 0 Å². The third-order valence-electron chi connectivity index (χ3n) is 3.43. The van der Waals surface area contributed by atoms with Crippen LogP contribution in [0.15, 0.2) is 6.07 Å². The molecular weight excluding hydrogens is 174 g/mol. The SMILES string of the molecule is CC1COc2cc3c(c(N)c21)CCC3. The molecule has 0 radical (unpaired) electrons. The number of hydrogen-bond acceptors (Lipinski definition) is 2. The van der Waals surface area contributed by atoms with E-state index in [2.05, 4.69) is 13.0 Å². The molecule has 1 aromatic carbocycles. The maximum atomic E-state index is 6.20. The molecule has 0 aromatic heterocycles. The van der Waals surface area contributed by atoms with Crippen molar-refractivity contribution in [3.05, 3.63) is 22.8 Å². The molecule has 0 saturated carbocycles. The largest absolute Gasteiger partial charge is 0.493 e. The molecule has 2 heteroatoms. The van der Waals surface area contributed by atoms with E-state index in [1.54, 1.807) is 0 Å². The van der Waals surface area contributed by atoms with Crippen molar-refractivity contribution in [1.82, 2.24) is 0 Å². The van der Waals surface area contributed by atoms with Crippen LogP contribution in [0.2, 0.25) is 0 Å². The van der Waals surface area contributed by atoms with E-state index in [-0.39, 0.29) is 0 Å². The van der Waals surface area contributed by atoms with Crippen molar-refractivity contribution in [1.29, 1.82) is 0 Å². The van der Waals surface area contributed by atoms with Crippen LogP contribution in [0, 0.1) is 0 Å². The first-order chi connectivity index (χ1) is 6.77. The fraction of sp³-hybridized carbons (Fsp3) is 0.500.